The molecule has 19 heavy (non-hydrogen) atoms. The van der Waals surface area contributed by atoms with E-state index < -0.39 is 0 Å². The molecule has 0 radical (unpaired) electrons. The van der Waals surface area contributed by atoms with Gasteiger partial charge in [0.2, 0.25) is 5.91 Å². The zero-order valence-corrected chi connectivity index (χ0v) is 12.7. The smallest absolute Gasteiger partial charge is 0.229 e. The number of hydrogen-bond acceptors (Lipinski definition) is 3. The summed E-state index contributed by atoms with van der Waals surface area (Å²) in [6.07, 6.45) is 5.34. The molecule has 0 aromatic carbocycles. The second-order valence-corrected chi connectivity index (χ2v) is 6.44. The van der Waals surface area contributed by atoms with E-state index in [1.54, 1.807) is 0 Å². The minimum absolute atomic E-state index is 0.0832. The molecule has 0 aromatic heterocycles. The third kappa shape index (κ3) is 3.11. The van der Waals surface area contributed by atoms with Crippen molar-refractivity contribution in [3.8, 4) is 0 Å². The lowest BCUT2D eigenvalue weighted by Crippen LogP contribution is -2.52. The summed E-state index contributed by atoms with van der Waals surface area (Å²) >= 11 is 0. The fraction of sp³-hybridized carbons (Fsp3) is 0.933. The van der Waals surface area contributed by atoms with E-state index in [1.165, 1.54) is 12.8 Å². The summed E-state index contributed by atoms with van der Waals surface area (Å²) in [5.41, 5.74) is -0.0832. The molecule has 0 bridgehead atoms. The van der Waals surface area contributed by atoms with E-state index in [4.69, 9.17) is 0 Å². The molecule has 2 heterocycles. The van der Waals surface area contributed by atoms with E-state index in [2.05, 4.69) is 36.1 Å². The first kappa shape index (κ1) is 14.8. The largest absolute Gasteiger partial charge is 0.338 e. The Morgan fingerprint density at radius 3 is 2.63 bits per heavy atom. The van der Waals surface area contributed by atoms with E-state index >= 15 is 0 Å². The van der Waals surface area contributed by atoms with E-state index in [9.17, 15) is 4.79 Å². The van der Waals surface area contributed by atoms with Crippen molar-refractivity contribution in [2.24, 2.45) is 5.41 Å². The van der Waals surface area contributed by atoms with Gasteiger partial charge >= 0.3 is 0 Å². The van der Waals surface area contributed by atoms with Crippen LogP contribution in [0.5, 0.6) is 0 Å². The molecule has 2 saturated heterocycles. The van der Waals surface area contributed by atoms with Crippen LogP contribution in [0.1, 0.15) is 39.0 Å². The second kappa shape index (κ2) is 6.23. The lowest BCUT2D eigenvalue weighted by molar-refractivity contribution is -0.145. The quantitative estimate of drug-likeness (QED) is 0.834. The second-order valence-electron chi connectivity index (χ2n) is 6.44. The topological polar surface area (TPSA) is 35.6 Å². The number of amides is 1. The highest BCUT2D eigenvalue weighted by Crippen LogP contribution is 2.36. The van der Waals surface area contributed by atoms with Crippen molar-refractivity contribution >= 4 is 5.91 Å². The van der Waals surface area contributed by atoms with Gasteiger partial charge in [-0.05, 0) is 59.3 Å². The van der Waals surface area contributed by atoms with Gasteiger partial charge in [0.05, 0.1) is 5.41 Å². The van der Waals surface area contributed by atoms with Gasteiger partial charge in [0.15, 0.2) is 0 Å². The third-order valence-electron chi connectivity index (χ3n) is 4.91. The molecule has 2 aliphatic heterocycles. The Bertz CT molecular complexity index is 311. The van der Waals surface area contributed by atoms with Gasteiger partial charge < -0.3 is 15.1 Å². The molecular formula is C15H29N3O. The average Bonchev–Trinajstić information content (AvgIpc) is 2.85. The molecule has 1 amide bonds. The first-order valence-corrected chi connectivity index (χ1v) is 7.75. The fourth-order valence-corrected chi connectivity index (χ4v) is 3.64. The molecule has 4 nitrogen and oxygen atoms in total. The van der Waals surface area contributed by atoms with Gasteiger partial charge in [-0.3, -0.25) is 4.79 Å². The summed E-state index contributed by atoms with van der Waals surface area (Å²) in [6, 6.07) is 0.431. The summed E-state index contributed by atoms with van der Waals surface area (Å²) in [7, 11) is 4.20. The summed E-state index contributed by atoms with van der Waals surface area (Å²) in [5.74, 6) is 0.431. The molecule has 1 N–H and O–H groups in total. The minimum Gasteiger partial charge on any atom is -0.338 e. The van der Waals surface area contributed by atoms with E-state index in [1.807, 2.05) is 0 Å². The predicted molar refractivity (Wildman–Crippen MR) is 78.1 cm³/mol. The van der Waals surface area contributed by atoms with Crippen molar-refractivity contribution in [1.82, 2.24) is 15.1 Å². The minimum atomic E-state index is -0.0832. The highest BCUT2D eigenvalue weighted by Gasteiger charge is 2.43. The van der Waals surface area contributed by atoms with Crippen LogP contribution in [0.15, 0.2) is 0 Å². The van der Waals surface area contributed by atoms with Gasteiger partial charge in [-0.25, -0.2) is 0 Å². The van der Waals surface area contributed by atoms with Crippen LogP contribution in [0.25, 0.3) is 0 Å². The van der Waals surface area contributed by atoms with Crippen LogP contribution in [0.3, 0.4) is 0 Å². The van der Waals surface area contributed by atoms with Crippen molar-refractivity contribution in [2.45, 2.75) is 45.1 Å². The van der Waals surface area contributed by atoms with Crippen molar-refractivity contribution in [2.75, 3.05) is 40.3 Å². The molecule has 1 unspecified atom stereocenters. The van der Waals surface area contributed by atoms with Crippen molar-refractivity contribution < 1.29 is 4.79 Å². The van der Waals surface area contributed by atoms with Gasteiger partial charge in [-0.2, -0.15) is 0 Å². The van der Waals surface area contributed by atoms with Crippen LogP contribution in [0.4, 0.5) is 0 Å². The predicted octanol–water partition coefficient (Wildman–Crippen LogP) is 1.32. The van der Waals surface area contributed by atoms with Crippen molar-refractivity contribution in [3.05, 3.63) is 0 Å². The van der Waals surface area contributed by atoms with Gasteiger partial charge in [0, 0.05) is 19.1 Å². The number of hydrogen-bond donors (Lipinski definition) is 1. The molecule has 2 rings (SSSR count). The lowest BCUT2D eigenvalue weighted by atomic mass is 9.75. The van der Waals surface area contributed by atoms with Crippen LogP contribution < -0.4 is 5.32 Å². The summed E-state index contributed by atoms with van der Waals surface area (Å²) in [4.78, 5) is 17.4. The molecule has 110 valence electrons. The number of piperidine rings is 1. The summed E-state index contributed by atoms with van der Waals surface area (Å²) in [6.45, 7) is 6.13. The Morgan fingerprint density at radius 1 is 1.37 bits per heavy atom. The normalized spacial score (nSPS) is 26.9. The van der Waals surface area contributed by atoms with Crippen molar-refractivity contribution in [1.29, 1.82) is 0 Å². The maximum absolute atomic E-state index is 13.0. The van der Waals surface area contributed by atoms with E-state index in [0.29, 0.717) is 11.9 Å². The zero-order valence-electron chi connectivity index (χ0n) is 12.7. The van der Waals surface area contributed by atoms with Crippen LogP contribution in [0.2, 0.25) is 0 Å². The third-order valence-corrected chi connectivity index (χ3v) is 4.91. The number of likely N-dealkylation sites (tertiary alicyclic amines) is 1. The zero-order chi connectivity index (χ0) is 13.9. The van der Waals surface area contributed by atoms with Gasteiger partial charge in [-0.1, -0.05) is 6.92 Å². The Hall–Kier alpha value is -0.610. The molecule has 0 aliphatic carbocycles. The van der Waals surface area contributed by atoms with Gasteiger partial charge in [0.1, 0.15) is 0 Å². The lowest BCUT2D eigenvalue weighted by Gasteiger charge is -2.40. The molecule has 2 fully saturated rings. The number of likely N-dealkylation sites (N-methyl/N-ethyl adjacent to an activating group) is 1. The average molecular weight is 267 g/mol. The van der Waals surface area contributed by atoms with Crippen LogP contribution in [-0.4, -0.2) is 62.0 Å². The summed E-state index contributed by atoms with van der Waals surface area (Å²) < 4.78 is 0. The maximum Gasteiger partial charge on any atom is 0.229 e. The fourth-order valence-electron chi connectivity index (χ4n) is 3.64. The highest BCUT2D eigenvalue weighted by atomic mass is 16.2. The monoisotopic (exact) mass is 267 g/mol. The SMILES string of the molecule is CCC1(C(=O)N2CCCC2CN(C)C)CCNCC1. The molecule has 0 aromatic rings. The number of nitrogens with one attached hydrogen (secondary N) is 1. The molecular weight excluding hydrogens is 238 g/mol. The standard InChI is InChI=1S/C15H29N3O/c1-4-15(7-9-16-10-8-15)14(19)18-11-5-6-13(18)12-17(2)3/h13,16H,4-12H2,1-3H3. The molecule has 1 atom stereocenters. The Labute approximate surface area is 117 Å². The Balaban J connectivity index is 2.08. The van der Waals surface area contributed by atoms with Crippen molar-refractivity contribution in [3.63, 3.8) is 0 Å². The molecule has 2 aliphatic rings. The Morgan fingerprint density at radius 2 is 2.05 bits per heavy atom. The van der Waals surface area contributed by atoms with Crippen LogP contribution >= 0.6 is 0 Å². The van der Waals surface area contributed by atoms with Crippen LogP contribution in [0, 0.1) is 5.41 Å². The number of rotatable bonds is 4. The van der Waals surface area contributed by atoms with Gasteiger partial charge in [-0.15, -0.1) is 0 Å². The van der Waals surface area contributed by atoms with E-state index in [0.717, 1.165) is 45.4 Å². The first-order valence-electron chi connectivity index (χ1n) is 7.75. The number of nitrogens with zero attached hydrogens (tertiary/aromatic N) is 2. The number of carbonyl (C=O) groups excluding carboxylic acids is 1. The highest BCUT2D eigenvalue weighted by molar-refractivity contribution is 5.83. The number of carbonyl (C=O) groups is 1. The maximum atomic E-state index is 13.0. The first-order chi connectivity index (χ1) is 9.09. The summed E-state index contributed by atoms with van der Waals surface area (Å²) in [5, 5.41) is 3.38. The Kier molecular flexibility index (Phi) is 4.85. The molecule has 0 saturated carbocycles. The van der Waals surface area contributed by atoms with Crippen LogP contribution in [-0.2, 0) is 4.79 Å². The molecule has 0 spiro atoms. The van der Waals surface area contributed by atoms with Gasteiger partial charge in [0.25, 0.3) is 0 Å². The molecule has 4 heteroatoms. The van der Waals surface area contributed by atoms with E-state index in [-0.39, 0.29) is 5.41 Å².